The van der Waals surface area contributed by atoms with Gasteiger partial charge >= 0.3 is 0 Å². The number of furan rings is 1. The molecule has 20 heavy (non-hydrogen) atoms. The average Bonchev–Trinajstić information content (AvgIpc) is 3.15. The lowest BCUT2D eigenvalue weighted by Gasteiger charge is -2.07. The lowest BCUT2D eigenvalue weighted by molar-refractivity contribution is 0.0924. The zero-order valence-corrected chi connectivity index (χ0v) is 10.9. The molecule has 1 aliphatic rings. The van der Waals surface area contributed by atoms with E-state index in [9.17, 15) is 9.59 Å². The second-order valence-corrected chi connectivity index (χ2v) is 4.83. The van der Waals surface area contributed by atoms with Crippen LogP contribution < -0.4 is 10.9 Å². The van der Waals surface area contributed by atoms with E-state index in [2.05, 4.69) is 10.4 Å². The first kappa shape index (κ1) is 12.7. The van der Waals surface area contributed by atoms with Crippen molar-refractivity contribution in [2.45, 2.75) is 25.3 Å². The molecular formula is C14H15N3O3. The SMILES string of the molecule is O=C(NCCn1nc(C2CC2)ccc1=O)c1ccco1. The molecule has 3 rings (SSSR count). The highest BCUT2D eigenvalue weighted by atomic mass is 16.3. The van der Waals surface area contributed by atoms with E-state index >= 15 is 0 Å². The molecule has 2 aromatic rings. The fraction of sp³-hybridized carbons (Fsp3) is 0.357. The lowest BCUT2D eigenvalue weighted by atomic mass is 10.3. The smallest absolute Gasteiger partial charge is 0.287 e. The Labute approximate surface area is 115 Å². The Bertz CT molecular complexity index is 657. The molecule has 2 aromatic heterocycles. The topological polar surface area (TPSA) is 77.1 Å². The average molecular weight is 273 g/mol. The van der Waals surface area contributed by atoms with Crippen LogP contribution in [0.25, 0.3) is 0 Å². The summed E-state index contributed by atoms with van der Waals surface area (Å²) >= 11 is 0. The van der Waals surface area contributed by atoms with Crippen molar-refractivity contribution < 1.29 is 9.21 Å². The van der Waals surface area contributed by atoms with Gasteiger partial charge in [0.2, 0.25) is 0 Å². The Morgan fingerprint density at radius 3 is 2.95 bits per heavy atom. The summed E-state index contributed by atoms with van der Waals surface area (Å²) in [6.07, 6.45) is 3.72. The van der Waals surface area contributed by atoms with E-state index in [4.69, 9.17) is 4.42 Å². The van der Waals surface area contributed by atoms with Crippen LogP contribution in [0.4, 0.5) is 0 Å². The molecule has 0 unspecified atom stereocenters. The molecule has 0 radical (unpaired) electrons. The van der Waals surface area contributed by atoms with Gasteiger partial charge < -0.3 is 9.73 Å². The number of hydrogen-bond acceptors (Lipinski definition) is 4. The Hall–Kier alpha value is -2.37. The van der Waals surface area contributed by atoms with E-state index in [1.165, 1.54) is 17.0 Å². The number of amides is 1. The predicted octanol–water partition coefficient (Wildman–Crippen LogP) is 1.14. The first-order chi connectivity index (χ1) is 9.74. The van der Waals surface area contributed by atoms with E-state index in [0.717, 1.165) is 18.5 Å². The molecule has 104 valence electrons. The summed E-state index contributed by atoms with van der Waals surface area (Å²) in [7, 11) is 0. The molecule has 1 N–H and O–H groups in total. The molecule has 6 heteroatoms. The second-order valence-electron chi connectivity index (χ2n) is 4.83. The molecule has 0 atom stereocenters. The van der Waals surface area contributed by atoms with Crippen LogP contribution in [0, 0.1) is 0 Å². The quantitative estimate of drug-likeness (QED) is 0.886. The third kappa shape index (κ3) is 2.79. The van der Waals surface area contributed by atoms with Gasteiger partial charge in [-0.15, -0.1) is 0 Å². The van der Waals surface area contributed by atoms with Gasteiger partial charge in [0.05, 0.1) is 18.5 Å². The summed E-state index contributed by atoms with van der Waals surface area (Å²) in [4.78, 5) is 23.3. The van der Waals surface area contributed by atoms with Crippen LogP contribution in [0.2, 0.25) is 0 Å². The first-order valence-corrected chi connectivity index (χ1v) is 6.64. The third-order valence-corrected chi connectivity index (χ3v) is 3.24. The van der Waals surface area contributed by atoms with E-state index < -0.39 is 0 Å². The molecule has 2 heterocycles. The summed E-state index contributed by atoms with van der Waals surface area (Å²) in [5.41, 5.74) is 0.809. The highest BCUT2D eigenvalue weighted by Crippen LogP contribution is 2.38. The van der Waals surface area contributed by atoms with Crippen molar-refractivity contribution in [2.24, 2.45) is 0 Å². The van der Waals surface area contributed by atoms with Gasteiger partial charge in [0.15, 0.2) is 5.76 Å². The third-order valence-electron chi connectivity index (χ3n) is 3.24. The van der Waals surface area contributed by atoms with Crippen LogP contribution in [0.1, 0.15) is 35.0 Å². The van der Waals surface area contributed by atoms with Crippen molar-refractivity contribution >= 4 is 5.91 Å². The van der Waals surface area contributed by atoms with Crippen LogP contribution in [-0.2, 0) is 6.54 Å². The molecule has 0 aromatic carbocycles. The number of hydrogen-bond donors (Lipinski definition) is 1. The fourth-order valence-electron chi connectivity index (χ4n) is 1.99. The highest BCUT2D eigenvalue weighted by molar-refractivity contribution is 5.91. The van der Waals surface area contributed by atoms with Gasteiger partial charge in [-0.1, -0.05) is 0 Å². The van der Waals surface area contributed by atoms with Crippen LogP contribution in [0.5, 0.6) is 0 Å². The van der Waals surface area contributed by atoms with E-state index in [0.29, 0.717) is 19.0 Å². The Morgan fingerprint density at radius 1 is 1.40 bits per heavy atom. The number of nitrogens with one attached hydrogen (secondary N) is 1. The van der Waals surface area contributed by atoms with E-state index in [1.807, 2.05) is 0 Å². The Morgan fingerprint density at radius 2 is 2.25 bits per heavy atom. The maximum atomic E-state index is 11.7. The molecule has 0 bridgehead atoms. The summed E-state index contributed by atoms with van der Waals surface area (Å²) in [6, 6.07) is 6.57. The molecule has 0 saturated heterocycles. The van der Waals surface area contributed by atoms with Crippen LogP contribution >= 0.6 is 0 Å². The van der Waals surface area contributed by atoms with Crippen molar-refractivity contribution in [1.82, 2.24) is 15.1 Å². The first-order valence-electron chi connectivity index (χ1n) is 6.64. The number of rotatable bonds is 5. The summed E-state index contributed by atoms with van der Waals surface area (Å²) in [5.74, 6) is 0.470. The molecule has 1 amide bonds. The van der Waals surface area contributed by atoms with Gasteiger partial charge in [0.1, 0.15) is 0 Å². The molecular weight excluding hydrogens is 258 g/mol. The monoisotopic (exact) mass is 273 g/mol. The Balaban J connectivity index is 1.59. The zero-order chi connectivity index (χ0) is 13.9. The van der Waals surface area contributed by atoms with Gasteiger partial charge in [-0.05, 0) is 31.0 Å². The number of carbonyl (C=O) groups is 1. The second kappa shape index (κ2) is 5.32. The zero-order valence-electron chi connectivity index (χ0n) is 10.9. The maximum Gasteiger partial charge on any atom is 0.287 e. The normalized spacial score (nSPS) is 14.2. The fourth-order valence-corrected chi connectivity index (χ4v) is 1.99. The summed E-state index contributed by atoms with van der Waals surface area (Å²) in [6.45, 7) is 0.687. The molecule has 1 fully saturated rings. The number of carbonyl (C=O) groups excluding carboxylic acids is 1. The van der Waals surface area contributed by atoms with Crippen LogP contribution in [-0.4, -0.2) is 22.2 Å². The summed E-state index contributed by atoms with van der Waals surface area (Å²) < 4.78 is 6.38. The van der Waals surface area contributed by atoms with Gasteiger partial charge in [-0.25, -0.2) is 4.68 Å². The van der Waals surface area contributed by atoms with Crippen molar-refractivity contribution in [1.29, 1.82) is 0 Å². The minimum atomic E-state index is -0.290. The lowest BCUT2D eigenvalue weighted by Crippen LogP contribution is -2.32. The van der Waals surface area contributed by atoms with Crippen molar-refractivity contribution in [3.05, 3.63) is 52.3 Å². The minimum Gasteiger partial charge on any atom is -0.459 e. The Kier molecular flexibility index (Phi) is 3.37. The molecule has 1 aliphatic carbocycles. The van der Waals surface area contributed by atoms with E-state index in [1.54, 1.807) is 18.2 Å². The van der Waals surface area contributed by atoms with Gasteiger partial charge in [0.25, 0.3) is 11.5 Å². The molecule has 0 aliphatic heterocycles. The largest absolute Gasteiger partial charge is 0.459 e. The molecule has 6 nitrogen and oxygen atoms in total. The number of nitrogens with zero attached hydrogens (tertiary/aromatic N) is 2. The standard InChI is InChI=1S/C14H15N3O3/c18-13-6-5-11(10-3-4-10)16-17(13)8-7-15-14(19)12-2-1-9-20-12/h1-2,5-6,9-10H,3-4,7-8H2,(H,15,19). The van der Waals surface area contributed by atoms with Crippen molar-refractivity contribution in [3.8, 4) is 0 Å². The molecule has 1 saturated carbocycles. The van der Waals surface area contributed by atoms with Crippen LogP contribution in [0.15, 0.2) is 39.7 Å². The van der Waals surface area contributed by atoms with Gasteiger partial charge in [-0.3, -0.25) is 9.59 Å². The van der Waals surface area contributed by atoms with Crippen LogP contribution in [0.3, 0.4) is 0 Å². The minimum absolute atomic E-state index is 0.151. The maximum absolute atomic E-state index is 11.7. The van der Waals surface area contributed by atoms with Crippen molar-refractivity contribution in [2.75, 3.05) is 6.54 Å². The van der Waals surface area contributed by atoms with Gasteiger partial charge in [-0.2, -0.15) is 5.10 Å². The van der Waals surface area contributed by atoms with Crippen molar-refractivity contribution in [3.63, 3.8) is 0 Å². The van der Waals surface area contributed by atoms with Gasteiger partial charge in [0, 0.05) is 18.5 Å². The van der Waals surface area contributed by atoms with E-state index in [-0.39, 0.29) is 17.2 Å². The number of aromatic nitrogens is 2. The predicted molar refractivity (Wildman–Crippen MR) is 71.5 cm³/mol. The highest BCUT2D eigenvalue weighted by Gasteiger charge is 2.25. The molecule has 0 spiro atoms. The summed E-state index contributed by atoms with van der Waals surface area (Å²) in [5, 5.41) is 7.02.